The second-order valence-corrected chi connectivity index (χ2v) is 3.61. The molecule has 1 aliphatic heterocycles. The normalized spacial score (nSPS) is 20.7. The van der Waals surface area contributed by atoms with Gasteiger partial charge in [-0.2, -0.15) is 9.78 Å². The number of carboxylic acid groups (broad SMARTS) is 1. The van der Waals surface area contributed by atoms with Crippen LogP contribution in [0.2, 0.25) is 0 Å². The van der Waals surface area contributed by atoms with Crippen molar-refractivity contribution in [2.45, 2.75) is 17.3 Å². The van der Waals surface area contributed by atoms with Crippen molar-refractivity contribution >= 4 is 23.4 Å². The fraction of sp³-hybridized carbons (Fsp3) is 0.333. The van der Waals surface area contributed by atoms with Crippen LogP contribution in [0.3, 0.4) is 0 Å². The molecule has 0 fully saturated rings. The molecular formula is C6H6N4O2S. The molecule has 13 heavy (non-hydrogen) atoms. The molecule has 1 aromatic rings. The number of hydrogen-bond donors (Lipinski definition) is 1. The average Bonchev–Trinajstić information content (AvgIpc) is 2.48. The van der Waals surface area contributed by atoms with E-state index >= 15 is 0 Å². The van der Waals surface area contributed by atoms with Crippen LogP contribution in [0.15, 0.2) is 16.6 Å². The topological polar surface area (TPSA) is 80.4 Å². The summed E-state index contributed by atoms with van der Waals surface area (Å²) < 4.78 is 1.47. The Morgan fingerprint density at radius 3 is 3.23 bits per heavy atom. The van der Waals surface area contributed by atoms with Gasteiger partial charge < -0.3 is 5.11 Å². The van der Waals surface area contributed by atoms with E-state index in [4.69, 9.17) is 5.11 Å². The molecular weight excluding hydrogens is 192 g/mol. The first-order valence-electron chi connectivity index (χ1n) is 3.53. The van der Waals surface area contributed by atoms with Crippen molar-refractivity contribution in [3.8, 4) is 0 Å². The molecule has 2 heterocycles. The largest absolute Gasteiger partial charge is 0.480 e. The van der Waals surface area contributed by atoms with Gasteiger partial charge in [0.15, 0.2) is 0 Å². The Hall–Kier alpha value is -1.37. The van der Waals surface area contributed by atoms with Crippen LogP contribution in [0.1, 0.15) is 6.92 Å². The first-order valence-corrected chi connectivity index (χ1v) is 4.41. The SMILES string of the molecule is CC1=Nn2cnnc2S[C@@H]1C(=O)O. The van der Waals surface area contributed by atoms with Gasteiger partial charge in [0, 0.05) is 0 Å². The Labute approximate surface area is 77.7 Å². The summed E-state index contributed by atoms with van der Waals surface area (Å²) >= 11 is 1.14. The Bertz CT molecular complexity index is 386. The minimum atomic E-state index is -0.902. The minimum absolute atomic E-state index is 0.512. The van der Waals surface area contributed by atoms with Crippen LogP contribution in [0.25, 0.3) is 0 Å². The van der Waals surface area contributed by atoms with E-state index in [2.05, 4.69) is 15.3 Å². The molecule has 6 nitrogen and oxygen atoms in total. The maximum absolute atomic E-state index is 10.7. The second kappa shape index (κ2) is 2.84. The molecule has 2 rings (SSSR count). The van der Waals surface area contributed by atoms with Gasteiger partial charge in [-0.05, 0) is 6.92 Å². The molecule has 0 aromatic carbocycles. The lowest BCUT2D eigenvalue weighted by Gasteiger charge is -2.15. The van der Waals surface area contributed by atoms with E-state index in [1.807, 2.05) is 0 Å². The van der Waals surface area contributed by atoms with Gasteiger partial charge in [0.2, 0.25) is 5.16 Å². The molecule has 0 aliphatic carbocycles. The van der Waals surface area contributed by atoms with Crippen molar-refractivity contribution in [2.24, 2.45) is 5.10 Å². The molecule has 7 heteroatoms. The molecule has 68 valence electrons. The van der Waals surface area contributed by atoms with Crippen molar-refractivity contribution in [2.75, 3.05) is 0 Å². The number of hydrogen-bond acceptors (Lipinski definition) is 5. The van der Waals surface area contributed by atoms with Crippen molar-refractivity contribution in [1.29, 1.82) is 0 Å². The van der Waals surface area contributed by atoms with Crippen molar-refractivity contribution in [3.63, 3.8) is 0 Å². The molecule has 1 N–H and O–H groups in total. The van der Waals surface area contributed by atoms with E-state index in [0.717, 1.165) is 11.8 Å². The van der Waals surface area contributed by atoms with Crippen LogP contribution in [0.4, 0.5) is 0 Å². The molecule has 1 aliphatic rings. The summed E-state index contributed by atoms with van der Waals surface area (Å²) in [5, 5.41) is 20.1. The highest BCUT2D eigenvalue weighted by atomic mass is 32.2. The zero-order chi connectivity index (χ0) is 9.42. The van der Waals surface area contributed by atoms with E-state index in [1.54, 1.807) is 6.92 Å². The lowest BCUT2D eigenvalue weighted by Crippen LogP contribution is -2.28. The maximum atomic E-state index is 10.7. The van der Waals surface area contributed by atoms with Crippen LogP contribution in [-0.4, -0.2) is 36.9 Å². The number of thioether (sulfide) groups is 1. The van der Waals surface area contributed by atoms with E-state index in [-0.39, 0.29) is 0 Å². The lowest BCUT2D eigenvalue weighted by atomic mass is 10.3. The van der Waals surface area contributed by atoms with E-state index < -0.39 is 11.2 Å². The molecule has 0 amide bonds. The fourth-order valence-corrected chi connectivity index (χ4v) is 1.83. The van der Waals surface area contributed by atoms with Gasteiger partial charge in [0.05, 0.1) is 5.71 Å². The Kier molecular flexibility index (Phi) is 1.80. The zero-order valence-corrected chi connectivity index (χ0v) is 7.52. The standard InChI is InChI=1S/C6H6N4O2S/c1-3-4(5(11)12)13-6-8-7-2-10(6)9-3/h2,4H,1H3,(H,11,12)/t4-/m0/s1. The smallest absolute Gasteiger partial charge is 0.322 e. The number of carbonyl (C=O) groups is 1. The van der Waals surface area contributed by atoms with Gasteiger partial charge in [-0.25, -0.2) is 0 Å². The predicted molar refractivity (Wildman–Crippen MR) is 45.8 cm³/mol. The number of fused-ring (bicyclic) bond motifs is 1. The van der Waals surface area contributed by atoms with Gasteiger partial charge in [-0.1, -0.05) is 11.8 Å². The number of aliphatic carboxylic acids is 1. The summed E-state index contributed by atoms with van der Waals surface area (Å²) in [5.74, 6) is -0.902. The van der Waals surface area contributed by atoms with Crippen LogP contribution >= 0.6 is 11.8 Å². The Morgan fingerprint density at radius 1 is 1.77 bits per heavy atom. The zero-order valence-electron chi connectivity index (χ0n) is 6.71. The monoisotopic (exact) mass is 198 g/mol. The molecule has 0 saturated heterocycles. The van der Waals surface area contributed by atoms with Gasteiger partial charge in [0.1, 0.15) is 11.6 Å². The summed E-state index contributed by atoms with van der Waals surface area (Å²) in [6.45, 7) is 1.68. The van der Waals surface area contributed by atoms with Crippen LogP contribution in [0.5, 0.6) is 0 Å². The molecule has 0 unspecified atom stereocenters. The number of carboxylic acids is 1. The molecule has 1 aromatic heterocycles. The van der Waals surface area contributed by atoms with Gasteiger partial charge >= 0.3 is 5.97 Å². The highest BCUT2D eigenvalue weighted by molar-refractivity contribution is 8.01. The van der Waals surface area contributed by atoms with Gasteiger partial charge in [-0.15, -0.1) is 10.2 Å². The van der Waals surface area contributed by atoms with Gasteiger partial charge in [-0.3, -0.25) is 4.79 Å². The Morgan fingerprint density at radius 2 is 2.54 bits per heavy atom. The highest BCUT2D eigenvalue weighted by Gasteiger charge is 2.28. The fourth-order valence-electron chi connectivity index (χ4n) is 1.01. The Balaban J connectivity index is 2.40. The summed E-state index contributed by atoms with van der Waals surface area (Å²) in [6, 6.07) is 0. The number of aromatic nitrogens is 3. The molecule has 0 spiro atoms. The third-order valence-electron chi connectivity index (χ3n) is 1.59. The van der Waals surface area contributed by atoms with Gasteiger partial charge in [0.25, 0.3) is 0 Å². The molecule has 0 bridgehead atoms. The van der Waals surface area contributed by atoms with Crippen molar-refractivity contribution < 1.29 is 9.90 Å². The first-order chi connectivity index (χ1) is 6.18. The maximum Gasteiger partial charge on any atom is 0.322 e. The molecule has 0 radical (unpaired) electrons. The van der Waals surface area contributed by atoms with Crippen molar-refractivity contribution in [1.82, 2.24) is 14.9 Å². The van der Waals surface area contributed by atoms with E-state index in [1.165, 1.54) is 11.0 Å². The summed E-state index contributed by atoms with van der Waals surface area (Å²) in [5.41, 5.74) is 0.546. The highest BCUT2D eigenvalue weighted by Crippen LogP contribution is 2.26. The predicted octanol–water partition coefficient (Wildman–Crippen LogP) is 0.0610. The van der Waals surface area contributed by atoms with E-state index in [9.17, 15) is 4.79 Å². The van der Waals surface area contributed by atoms with Crippen LogP contribution in [-0.2, 0) is 4.79 Å². The van der Waals surface area contributed by atoms with Crippen LogP contribution in [0, 0.1) is 0 Å². The number of nitrogens with zero attached hydrogens (tertiary/aromatic N) is 4. The summed E-state index contributed by atoms with van der Waals surface area (Å²) in [4.78, 5) is 10.7. The lowest BCUT2D eigenvalue weighted by molar-refractivity contribution is -0.135. The van der Waals surface area contributed by atoms with Crippen molar-refractivity contribution in [3.05, 3.63) is 6.33 Å². The molecule has 0 saturated carbocycles. The average molecular weight is 198 g/mol. The van der Waals surface area contributed by atoms with Crippen LogP contribution < -0.4 is 0 Å². The summed E-state index contributed by atoms with van der Waals surface area (Å²) in [7, 11) is 0. The third kappa shape index (κ3) is 1.31. The van der Waals surface area contributed by atoms with E-state index in [0.29, 0.717) is 10.9 Å². The third-order valence-corrected chi connectivity index (χ3v) is 2.85. The minimum Gasteiger partial charge on any atom is -0.480 e. The molecule has 1 atom stereocenters. The first kappa shape index (κ1) is 8.24. The number of rotatable bonds is 1. The second-order valence-electron chi connectivity index (χ2n) is 2.54. The summed E-state index contributed by atoms with van der Waals surface area (Å²) in [6.07, 6.45) is 1.45. The quantitative estimate of drug-likeness (QED) is 0.690.